The third kappa shape index (κ3) is 6.78. The van der Waals surface area contributed by atoms with Crippen LogP contribution >= 0.6 is 34.5 Å². The van der Waals surface area contributed by atoms with Crippen molar-refractivity contribution in [3.05, 3.63) is 33.5 Å². The number of amides is 1. The average molecular weight is 334 g/mol. The maximum Gasteiger partial charge on any atom is 0.246 e. The summed E-state index contributed by atoms with van der Waals surface area (Å²) in [6, 6.07) is 3.83. The summed E-state index contributed by atoms with van der Waals surface area (Å²) < 4.78 is 0.751. The van der Waals surface area contributed by atoms with E-state index in [-0.39, 0.29) is 11.3 Å². The predicted octanol–water partition coefficient (Wildman–Crippen LogP) is 4.96. The highest BCUT2D eigenvalue weighted by atomic mass is 35.5. The lowest BCUT2D eigenvalue weighted by molar-refractivity contribution is -0.126. The van der Waals surface area contributed by atoms with E-state index in [1.165, 1.54) is 11.3 Å². The van der Waals surface area contributed by atoms with Gasteiger partial charge in [-0.15, -0.1) is 22.9 Å². The van der Waals surface area contributed by atoms with Crippen molar-refractivity contribution in [2.75, 3.05) is 6.54 Å². The zero-order valence-electron chi connectivity index (χ0n) is 12.1. The molecule has 0 aliphatic carbocycles. The van der Waals surface area contributed by atoms with Gasteiger partial charge in [0.15, 0.2) is 0 Å². The zero-order valence-corrected chi connectivity index (χ0v) is 14.4. The van der Waals surface area contributed by atoms with Crippen LogP contribution in [0.25, 0.3) is 0 Å². The van der Waals surface area contributed by atoms with Crippen LogP contribution in [0.5, 0.6) is 0 Å². The standard InChI is InChI=1S/C15H21Cl2NOS/c1-11(2)8-9-18(15(19)7-4-12(3)16)10-13-5-6-14(17)20-13/h4-7,11-12H,8-10H2,1-3H3/b7-4+. The first-order chi connectivity index (χ1) is 9.38. The molecule has 1 aromatic rings. The number of thiophene rings is 1. The number of hydrogen-bond donors (Lipinski definition) is 0. The van der Waals surface area contributed by atoms with Gasteiger partial charge in [0.2, 0.25) is 5.91 Å². The first-order valence-corrected chi connectivity index (χ1v) is 8.37. The van der Waals surface area contributed by atoms with Gasteiger partial charge < -0.3 is 4.90 Å². The molecule has 112 valence electrons. The molecule has 20 heavy (non-hydrogen) atoms. The minimum atomic E-state index is -0.137. The van der Waals surface area contributed by atoms with Crippen LogP contribution in [0, 0.1) is 5.92 Å². The first-order valence-electron chi connectivity index (χ1n) is 6.74. The molecule has 1 rings (SSSR count). The first kappa shape index (κ1) is 17.5. The van der Waals surface area contributed by atoms with Gasteiger partial charge in [-0.25, -0.2) is 0 Å². The van der Waals surface area contributed by atoms with Gasteiger partial charge in [0.25, 0.3) is 0 Å². The summed E-state index contributed by atoms with van der Waals surface area (Å²) in [4.78, 5) is 15.2. The molecule has 0 saturated carbocycles. The van der Waals surface area contributed by atoms with Gasteiger partial charge in [0.05, 0.1) is 10.9 Å². The Hall–Kier alpha value is -0.510. The van der Waals surface area contributed by atoms with Crippen molar-refractivity contribution < 1.29 is 4.79 Å². The van der Waals surface area contributed by atoms with Gasteiger partial charge in [0, 0.05) is 22.9 Å². The van der Waals surface area contributed by atoms with Crippen LogP contribution < -0.4 is 0 Å². The molecule has 0 aromatic carbocycles. The molecule has 1 aromatic heterocycles. The Morgan fingerprint density at radius 1 is 1.40 bits per heavy atom. The summed E-state index contributed by atoms with van der Waals surface area (Å²) in [6.45, 7) is 7.49. The molecule has 0 spiro atoms. The lowest BCUT2D eigenvalue weighted by Gasteiger charge is -2.21. The number of halogens is 2. The molecule has 0 N–H and O–H groups in total. The lowest BCUT2D eigenvalue weighted by atomic mass is 10.1. The van der Waals surface area contributed by atoms with Gasteiger partial charge in [0.1, 0.15) is 0 Å². The molecule has 0 aliphatic heterocycles. The number of carbonyl (C=O) groups excluding carboxylic acids is 1. The molecule has 1 amide bonds. The van der Waals surface area contributed by atoms with Crippen LogP contribution in [0.3, 0.4) is 0 Å². The summed E-state index contributed by atoms with van der Waals surface area (Å²) in [5, 5.41) is -0.137. The largest absolute Gasteiger partial charge is 0.334 e. The van der Waals surface area contributed by atoms with Crippen molar-refractivity contribution in [3.63, 3.8) is 0 Å². The molecular weight excluding hydrogens is 313 g/mol. The molecule has 0 aliphatic rings. The fourth-order valence-corrected chi connectivity index (χ4v) is 2.80. The topological polar surface area (TPSA) is 20.3 Å². The molecule has 1 heterocycles. The van der Waals surface area contributed by atoms with E-state index < -0.39 is 0 Å². The van der Waals surface area contributed by atoms with Crippen LogP contribution in [0.15, 0.2) is 24.3 Å². The summed E-state index contributed by atoms with van der Waals surface area (Å²) in [7, 11) is 0. The van der Waals surface area contributed by atoms with Crippen LogP contribution in [0.4, 0.5) is 0 Å². The smallest absolute Gasteiger partial charge is 0.246 e. The second-order valence-corrected chi connectivity index (χ2v) is 7.67. The molecule has 1 atom stereocenters. The van der Waals surface area contributed by atoms with E-state index in [1.807, 2.05) is 24.0 Å². The van der Waals surface area contributed by atoms with Gasteiger partial charge in [-0.05, 0) is 31.4 Å². The fourth-order valence-electron chi connectivity index (χ4n) is 1.63. The van der Waals surface area contributed by atoms with Gasteiger partial charge >= 0.3 is 0 Å². The monoisotopic (exact) mass is 333 g/mol. The molecule has 2 nitrogen and oxygen atoms in total. The van der Waals surface area contributed by atoms with Gasteiger partial charge in [-0.2, -0.15) is 0 Å². The van der Waals surface area contributed by atoms with Gasteiger partial charge in [-0.3, -0.25) is 4.79 Å². The number of nitrogens with zero attached hydrogens (tertiary/aromatic N) is 1. The van der Waals surface area contributed by atoms with E-state index in [0.29, 0.717) is 12.5 Å². The van der Waals surface area contributed by atoms with E-state index in [2.05, 4.69) is 13.8 Å². The Balaban J connectivity index is 2.71. The molecule has 0 saturated heterocycles. The molecular formula is C15H21Cl2NOS. The summed E-state index contributed by atoms with van der Waals surface area (Å²) in [6.07, 6.45) is 4.26. The minimum absolute atomic E-state index is 0.00247. The second-order valence-electron chi connectivity index (χ2n) is 5.18. The third-order valence-electron chi connectivity index (χ3n) is 2.77. The average Bonchev–Trinajstić information content (AvgIpc) is 2.76. The number of alkyl halides is 1. The molecule has 0 fully saturated rings. The zero-order chi connectivity index (χ0) is 15.1. The maximum absolute atomic E-state index is 12.2. The Morgan fingerprint density at radius 3 is 2.60 bits per heavy atom. The number of hydrogen-bond acceptors (Lipinski definition) is 2. The summed E-state index contributed by atoms with van der Waals surface area (Å²) >= 11 is 13.3. The molecule has 5 heteroatoms. The highest BCUT2D eigenvalue weighted by Crippen LogP contribution is 2.23. The predicted molar refractivity (Wildman–Crippen MR) is 88.7 cm³/mol. The van der Waals surface area contributed by atoms with Crippen molar-refractivity contribution in [3.8, 4) is 0 Å². The van der Waals surface area contributed by atoms with Crippen molar-refractivity contribution in [2.24, 2.45) is 5.92 Å². The van der Waals surface area contributed by atoms with Gasteiger partial charge in [-0.1, -0.05) is 31.5 Å². The Morgan fingerprint density at radius 2 is 2.10 bits per heavy atom. The third-order valence-corrected chi connectivity index (χ3v) is 4.13. The molecule has 0 bridgehead atoms. The van der Waals surface area contributed by atoms with Crippen molar-refractivity contribution in [2.45, 2.75) is 39.1 Å². The van der Waals surface area contributed by atoms with E-state index in [1.54, 1.807) is 12.2 Å². The van der Waals surface area contributed by atoms with Crippen LogP contribution in [-0.4, -0.2) is 22.7 Å². The number of allylic oxidation sites excluding steroid dienone is 1. The SMILES string of the molecule is CC(Cl)/C=C/C(=O)N(CCC(C)C)Cc1ccc(Cl)s1. The highest BCUT2D eigenvalue weighted by molar-refractivity contribution is 7.16. The summed E-state index contributed by atoms with van der Waals surface area (Å²) in [5.41, 5.74) is 0. The second kappa shape index (κ2) is 8.71. The Kier molecular flexibility index (Phi) is 7.63. The Labute approximate surface area is 135 Å². The normalized spacial score (nSPS) is 13.1. The highest BCUT2D eigenvalue weighted by Gasteiger charge is 2.13. The maximum atomic E-state index is 12.2. The van der Waals surface area contributed by atoms with E-state index in [9.17, 15) is 4.79 Å². The van der Waals surface area contributed by atoms with Crippen LogP contribution in [-0.2, 0) is 11.3 Å². The lowest BCUT2D eigenvalue weighted by Crippen LogP contribution is -2.30. The molecule has 1 unspecified atom stereocenters. The minimum Gasteiger partial charge on any atom is -0.334 e. The van der Waals surface area contributed by atoms with E-state index in [0.717, 1.165) is 22.2 Å². The van der Waals surface area contributed by atoms with Crippen molar-refractivity contribution >= 4 is 40.4 Å². The summed E-state index contributed by atoms with van der Waals surface area (Å²) in [5.74, 6) is 0.566. The quantitative estimate of drug-likeness (QED) is 0.510. The fraction of sp³-hybridized carbons (Fsp3) is 0.533. The van der Waals surface area contributed by atoms with Crippen LogP contribution in [0.1, 0.15) is 32.1 Å². The van der Waals surface area contributed by atoms with E-state index in [4.69, 9.17) is 23.2 Å². The number of carbonyl (C=O) groups is 1. The van der Waals surface area contributed by atoms with E-state index >= 15 is 0 Å². The van der Waals surface area contributed by atoms with Crippen molar-refractivity contribution in [1.29, 1.82) is 0 Å². The van der Waals surface area contributed by atoms with Crippen molar-refractivity contribution in [1.82, 2.24) is 4.90 Å². The Bertz CT molecular complexity index is 454. The van der Waals surface area contributed by atoms with Crippen LogP contribution in [0.2, 0.25) is 4.34 Å². The number of rotatable bonds is 7. The molecule has 0 radical (unpaired) electrons.